The molecule has 0 saturated carbocycles. The van der Waals surface area contributed by atoms with Crippen molar-refractivity contribution in [1.29, 1.82) is 0 Å². The fourth-order valence-corrected chi connectivity index (χ4v) is 2.05. The summed E-state index contributed by atoms with van der Waals surface area (Å²) < 4.78 is 4.58. The maximum atomic E-state index is 11.7. The first-order chi connectivity index (χ1) is 8.16. The van der Waals surface area contributed by atoms with Crippen LogP contribution < -0.4 is 11.1 Å². The highest BCUT2D eigenvalue weighted by molar-refractivity contribution is 7.17. The fourth-order valence-electron chi connectivity index (χ4n) is 1.30. The lowest BCUT2D eigenvalue weighted by molar-refractivity contribution is 0.0957. The second-order valence-electron chi connectivity index (χ2n) is 3.32. The number of anilines is 1. The monoisotopic (exact) mass is 253 g/mol. The summed E-state index contributed by atoms with van der Waals surface area (Å²) in [4.78, 5) is 20.1. The van der Waals surface area contributed by atoms with Crippen LogP contribution in [0.15, 0.2) is 10.9 Å². The average molecular weight is 253 g/mol. The number of nitrogens with two attached hydrogens (primary N) is 1. The predicted octanol–water partition coefficient (Wildman–Crippen LogP) is 0.389. The SMILES string of the molecule is Cc1nc(N)sc1C(=O)NCCc1ncon1. The van der Waals surface area contributed by atoms with Crippen molar-refractivity contribution in [2.45, 2.75) is 13.3 Å². The van der Waals surface area contributed by atoms with Crippen LogP contribution in [0, 0.1) is 6.92 Å². The van der Waals surface area contributed by atoms with Crippen molar-refractivity contribution in [3.05, 3.63) is 22.8 Å². The van der Waals surface area contributed by atoms with Crippen LogP contribution in [0.5, 0.6) is 0 Å². The van der Waals surface area contributed by atoms with Crippen LogP contribution in [0.1, 0.15) is 21.2 Å². The molecule has 17 heavy (non-hydrogen) atoms. The zero-order valence-corrected chi connectivity index (χ0v) is 9.95. The van der Waals surface area contributed by atoms with Crippen molar-refractivity contribution in [2.24, 2.45) is 0 Å². The molecule has 8 heteroatoms. The number of rotatable bonds is 4. The number of hydrogen-bond donors (Lipinski definition) is 2. The molecule has 0 aliphatic heterocycles. The topological polar surface area (TPSA) is 107 Å². The molecule has 3 N–H and O–H groups in total. The Balaban J connectivity index is 1.87. The summed E-state index contributed by atoms with van der Waals surface area (Å²) in [5.74, 6) is 0.381. The quantitative estimate of drug-likeness (QED) is 0.816. The van der Waals surface area contributed by atoms with E-state index in [4.69, 9.17) is 5.73 Å². The Morgan fingerprint density at radius 2 is 2.47 bits per heavy atom. The Bertz CT molecular complexity index is 507. The zero-order chi connectivity index (χ0) is 12.3. The van der Waals surface area contributed by atoms with Crippen molar-refractivity contribution in [2.75, 3.05) is 12.3 Å². The second-order valence-corrected chi connectivity index (χ2v) is 4.35. The molecule has 0 radical (unpaired) electrons. The van der Waals surface area contributed by atoms with Crippen LogP contribution >= 0.6 is 11.3 Å². The van der Waals surface area contributed by atoms with Crippen molar-refractivity contribution in [1.82, 2.24) is 20.4 Å². The summed E-state index contributed by atoms with van der Waals surface area (Å²) in [6, 6.07) is 0. The molecule has 90 valence electrons. The first-order valence-corrected chi connectivity index (χ1v) is 5.75. The minimum atomic E-state index is -0.180. The van der Waals surface area contributed by atoms with E-state index in [1.54, 1.807) is 6.92 Å². The van der Waals surface area contributed by atoms with Gasteiger partial charge in [0.05, 0.1) is 5.69 Å². The number of nitrogens with zero attached hydrogens (tertiary/aromatic N) is 3. The third-order valence-corrected chi connectivity index (χ3v) is 3.05. The number of carbonyl (C=O) groups excluding carboxylic acids is 1. The van der Waals surface area contributed by atoms with Gasteiger partial charge in [-0.15, -0.1) is 0 Å². The first kappa shape index (κ1) is 11.5. The number of nitrogen functional groups attached to an aromatic ring is 1. The highest BCUT2D eigenvalue weighted by atomic mass is 32.1. The summed E-state index contributed by atoms with van der Waals surface area (Å²) >= 11 is 1.18. The normalized spacial score (nSPS) is 10.4. The maximum absolute atomic E-state index is 11.7. The van der Waals surface area contributed by atoms with Crippen LogP contribution in [0.4, 0.5) is 5.13 Å². The van der Waals surface area contributed by atoms with Crippen molar-refractivity contribution < 1.29 is 9.32 Å². The van der Waals surface area contributed by atoms with Crippen LogP contribution in [-0.2, 0) is 6.42 Å². The lowest BCUT2D eigenvalue weighted by atomic mass is 10.3. The van der Waals surface area contributed by atoms with Crippen molar-refractivity contribution >= 4 is 22.4 Å². The van der Waals surface area contributed by atoms with E-state index in [1.165, 1.54) is 17.7 Å². The molecule has 0 saturated heterocycles. The molecule has 0 aliphatic rings. The van der Waals surface area contributed by atoms with Gasteiger partial charge in [0, 0.05) is 13.0 Å². The summed E-state index contributed by atoms with van der Waals surface area (Å²) in [6.07, 6.45) is 1.78. The largest absolute Gasteiger partial charge is 0.375 e. The van der Waals surface area contributed by atoms with E-state index >= 15 is 0 Å². The van der Waals surface area contributed by atoms with Crippen LogP contribution in [0.2, 0.25) is 0 Å². The second kappa shape index (κ2) is 4.91. The summed E-state index contributed by atoms with van der Waals surface area (Å²) in [5.41, 5.74) is 6.16. The molecule has 0 atom stereocenters. The number of aryl methyl sites for hydroxylation is 1. The molecule has 7 nitrogen and oxygen atoms in total. The molecule has 2 aromatic heterocycles. The van der Waals surface area contributed by atoms with Gasteiger partial charge in [-0.3, -0.25) is 4.79 Å². The van der Waals surface area contributed by atoms with Gasteiger partial charge in [-0.2, -0.15) is 4.98 Å². The van der Waals surface area contributed by atoms with Crippen LogP contribution in [0.3, 0.4) is 0 Å². The Kier molecular flexibility index (Phi) is 3.33. The Morgan fingerprint density at radius 3 is 3.06 bits per heavy atom. The van der Waals surface area contributed by atoms with Gasteiger partial charge in [-0.1, -0.05) is 16.5 Å². The van der Waals surface area contributed by atoms with E-state index in [9.17, 15) is 4.79 Å². The third-order valence-electron chi connectivity index (χ3n) is 2.06. The van der Waals surface area contributed by atoms with Crippen molar-refractivity contribution in [3.8, 4) is 0 Å². The summed E-state index contributed by atoms with van der Waals surface area (Å²) in [5, 5.41) is 6.78. The number of carbonyl (C=O) groups is 1. The summed E-state index contributed by atoms with van der Waals surface area (Å²) in [6.45, 7) is 2.19. The molecule has 1 amide bonds. The van der Waals surface area contributed by atoms with Crippen LogP contribution in [0.25, 0.3) is 0 Å². The van der Waals surface area contributed by atoms with Gasteiger partial charge in [0.1, 0.15) is 4.88 Å². The maximum Gasteiger partial charge on any atom is 0.263 e. The highest BCUT2D eigenvalue weighted by Crippen LogP contribution is 2.19. The molecule has 0 unspecified atom stereocenters. The van der Waals surface area contributed by atoms with E-state index < -0.39 is 0 Å². The number of nitrogens with one attached hydrogen (secondary N) is 1. The number of hydrogen-bond acceptors (Lipinski definition) is 7. The molecule has 2 aromatic rings. The average Bonchev–Trinajstić information content (AvgIpc) is 2.88. The standard InChI is InChI=1S/C9H11N5O2S/c1-5-7(17-9(10)13-5)8(15)11-3-2-6-12-4-16-14-6/h4H,2-3H2,1H3,(H2,10,13)(H,11,15). The Labute approximate surface area is 101 Å². The molecule has 0 spiro atoms. The van der Waals surface area contributed by atoms with Crippen LogP contribution in [-0.4, -0.2) is 27.6 Å². The van der Waals surface area contributed by atoms with Gasteiger partial charge in [0.2, 0.25) is 6.39 Å². The van der Waals surface area contributed by atoms with Gasteiger partial charge in [0.15, 0.2) is 11.0 Å². The summed E-state index contributed by atoms with van der Waals surface area (Å²) in [7, 11) is 0. The van der Waals surface area contributed by atoms with E-state index in [1.807, 2.05) is 0 Å². The van der Waals surface area contributed by atoms with Gasteiger partial charge in [-0.25, -0.2) is 4.98 Å². The molecule has 0 aliphatic carbocycles. The molecule has 0 fully saturated rings. The van der Waals surface area contributed by atoms with E-state index in [0.717, 1.165) is 0 Å². The predicted molar refractivity (Wildman–Crippen MR) is 61.6 cm³/mol. The molecular weight excluding hydrogens is 242 g/mol. The smallest absolute Gasteiger partial charge is 0.263 e. The minimum absolute atomic E-state index is 0.180. The van der Waals surface area contributed by atoms with E-state index in [2.05, 4.69) is 25.0 Å². The van der Waals surface area contributed by atoms with Gasteiger partial charge < -0.3 is 15.6 Å². The van der Waals surface area contributed by atoms with E-state index in [0.29, 0.717) is 34.5 Å². The van der Waals surface area contributed by atoms with Gasteiger partial charge in [-0.05, 0) is 6.92 Å². The number of aromatic nitrogens is 3. The zero-order valence-electron chi connectivity index (χ0n) is 9.14. The minimum Gasteiger partial charge on any atom is -0.375 e. The molecule has 0 aromatic carbocycles. The van der Waals surface area contributed by atoms with Gasteiger partial charge >= 0.3 is 0 Å². The Hall–Kier alpha value is -1.96. The third kappa shape index (κ3) is 2.78. The molecule has 0 bridgehead atoms. The van der Waals surface area contributed by atoms with Gasteiger partial charge in [0.25, 0.3) is 5.91 Å². The molecular formula is C9H11N5O2S. The highest BCUT2D eigenvalue weighted by Gasteiger charge is 2.13. The van der Waals surface area contributed by atoms with E-state index in [-0.39, 0.29) is 5.91 Å². The fraction of sp³-hybridized carbons (Fsp3) is 0.333. The number of thiazole rings is 1. The molecule has 2 heterocycles. The van der Waals surface area contributed by atoms with Crippen molar-refractivity contribution in [3.63, 3.8) is 0 Å². The molecule has 2 rings (SSSR count). The lowest BCUT2D eigenvalue weighted by Crippen LogP contribution is -2.25. The lowest BCUT2D eigenvalue weighted by Gasteiger charge is -2.01. The number of amides is 1. The first-order valence-electron chi connectivity index (χ1n) is 4.93. The Morgan fingerprint density at radius 1 is 1.65 bits per heavy atom.